The van der Waals surface area contributed by atoms with Gasteiger partial charge in [-0.25, -0.2) is 4.98 Å². The van der Waals surface area contributed by atoms with E-state index in [4.69, 9.17) is 9.72 Å². The van der Waals surface area contributed by atoms with Gasteiger partial charge in [-0.3, -0.25) is 4.57 Å². The monoisotopic (exact) mass is 1080 g/mol. The minimum Gasteiger partial charge on any atom is -0.510 e. The second-order valence-corrected chi connectivity index (χ2v) is 22.3. The number of benzene rings is 6. The summed E-state index contributed by atoms with van der Waals surface area (Å²) >= 11 is 0. The Bertz CT molecular complexity index is 3260. The zero-order valence-electron chi connectivity index (χ0n) is 41.9. The van der Waals surface area contributed by atoms with Crippen molar-refractivity contribution >= 4 is 21.8 Å². The molecule has 0 N–H and O–H groups in total. The van der Waals surface area contributed by atoms with Gasteiger partial charge in [0, 0.05) is 55.9 Å². The van der Waals surface area contributed by atoms with Crippen LogP contribution in [0, 0.1) is 18.5 Å². The smallest absolute Gasteiger partial charge is 0.267 e. The van der Waals surface area contributed by atoms with Crippen LogP contribution in [-0.4, -0.2) is 14.1 Å². The molecule has 0 saturated carbocycles. The molecular weight excluding hydrogens is 1010 g/mol. The Kier molecular flexibility index (Phi) is 12.7. The summed E-state index contributed by atoms with van der Waals surface area (Å²) in [6.45, 7) is 29.4. The van der Waals surface area contributed by atoms with Crippen LogP contribution in [0.5, 0.6) is 11.5 Å². The standard InChI is InChI=1S/C62H64N4O.Pt/c1-58(2,3)44-27-22-28-47(33-44)64-40-55(62(12,13)43-25-18-15-19-26-43)65(41-64)48-34-46(60(7,8)9)35-49(37-48)67-50-38-52(61(10,11)42-23-16-14-17-24-42)57-51-29-20-21-30-53(51)66(54(57)39-50)56-36-45(31-32-63-56)59(4,5)6;/h14-36,38,40H,1-13H3;/q-2;. The van der Waals surface area contributed by atoms with Crippen LogP contribution in [-0.2, 0) is 48.1 Å². The summed E-state index contributed by atoms with van der Waals surface area (Å²) < 4.78 is 13.8. The molecule has 6 aromatic carbocycles. The molecule has 9 aromatic rings. The Balaban J connectivity index is 0.00000625. The summed E-state index contributed by atoms with van der Waals surface area (Å²) in [5, 5.41) is 2.27. The molecular formula is C62H64N4OPt-2. The Morgan fingerprint density at radius 3 is 1.75 bits per heavy atom. The first-order valence-electron chi connectivity index (χ1n) is 23.6. The topological polar surface area (TPSA) is 35.9 Å². The number of rotatable bonds is 9. The van der Waals surface area contributed by atoms with Crippen LogP contribution >= 0.6 is 0 Å². The molecule has 3 heterocycles. The number of nitrogens with zero attached hydrogens (tertiary/aromatic N) is 4. The van der Waals surface area contributed by atoms with Crippen LogP contribution in [0.2, 0.25) is 0 Å². The van der Waals surface area contributed by atoms with Crippen LogP contribution in [0.1, 0.15) is 129 Å². The van der Waals surface area contributed by atoms with Crippen molar-refractivity contribution in [3.05, 3.63) is 209 Å². The fourth-order valence-corrected chi connectivity index (χ4v) is 9.30. The maximum absolute atomic E-state index is 7.20. The summed E-state index contributed by atoms with van der Waals surface area (Å²) in [5.74, 6) is 2.05. The number of fused-ring (bicyclic) bond motifs is 3. The maximum atomic E-state index is 7.20. The largest absolute Gasteiger partial charge is 0.510 e. The summed E-state index contributed by atoms with van der Waals surface area (Å²) in [6.07, 6.45) is 7.95. The molecule has 3 aromatic heterocycles. The molecule has 0 unspecified atom stereocenters. The second-order valence-electron chi connectivity index (χ2n) is 22.3. The number of hydrogen-bond donors (Lipinski definition) is 0. The normalized spacial score (nSPS) is 12.7. The molecule has 0 radical (unpaired) electrons. The Morgan fingerprint density at radius 2 is 1.10 bits per heavy atom. The van der Waals surface area contributed by atoms with Gasteiger partial charge in [0.25, 0.3) is 6.33 Å². The third kappa shape index (κ3) is 9.15. The SMILES string of the molecule is CC(C)(C)c1cc(Oc2[c-]c3c(c(C(C)(C)c4ccccc4)c2)c2ccccc2n3-c2cc(C(C)(C)C)ccn2)[c-]c(-n2[c-][n+](-c3cccc(C(C)(C)C)c3)cc2C(C)(C)c2ccccc2)c1.[Pt]. The zero-order chi connectivity index (χ0) is 47.7. The van der Waals surface area contributed by atoms with Gasteiger partial charge in [0.15, 0.2) is 0 Å². The summed E-state index contributed by atoms with van der Waals surface area (Å²) in [6, 6.07) is 57.5. The van der Waals surface area contributed by atoms with E-state index in [-0.39, 0.29) is 37.3 Å². The first kappa shape index (κ1) is 48.4. The quantitative estimate of drug-likeness (QED) is 0.107. The third-order valence-corrected chi connectivity index (χ3v) is 13.7. The number of imidazole rings is 1. The number of aromatic nitrogens is 4. The van der Waals surface area contributed by atoms with Crippen molar-refractivity contribution in [2.24, 2.45) is 0 Å². The van der Waals surface area contributed by atoms with E-state index in [1.807, 2.05) is 6.20 Å². The predicted molar refractivity (Wildman–Crippen MR) is 276 cm³/mol. The average molecular weight is 1080 g/mol. The maximum Gasteiger partial charge on any atom is 0.267 e. The fraction of sp³-hybridized carbons (Fsp3) is 0.290. The molecule has 0 fully saturated rings. The Hall–Kier alpha value is -6.03. The molecule has 0 atom stereocenters. The van der Waals surface area contributed by atoms with Gasteiger partial charge < -0.3 is 13.9 Å². The van der Waals surface area contributed by atoms with Crippen molar-refractivity contribution in [2.45, 2.75) is 117 Å². The van der Waals surface area contributed by atoms with Gasteiger partial charge in [0.2, 0.25) is 0 Å². The molecule has 0 bridgehead atoms. The predicted octanol–water partition coefficient (Wildman–Crippen LogP) is 15.0. The van der Waals surface area contributed by atoms with Crippen LogP contribution in [0.15, 0.2) is 152 Å². The van der Waals surface area contributed by atoms with E-state index in [0.717, 1.165) is 55.8 Å². The number of para-hydroxylation sites is 1. The van der Waals surface area contributed by atoms with E-state index in [1.165, 1.54) is 22.3 Å². The van der Waals surface area contributed by atoms with E-state index < -0.39 is 10.8 Å². The molecule has 0 spiro atoms. The molecule has 0 aliphatic rings. The molecule has 350 valence electrons. The first-order chi connectivity index (χ1) is 31.6. The van der Waals surface area contributed by atoms with Crippen LogP contribution in [0.3, 0.4) is 0 Å². The third-order valence-electron chi connectivity index (χ3n) is 13.7. The van der Waals surface area contributed by atoms with Crippen molar-refractivity contribution in [3.8, 4) is 28.7 Å². The van der Waals surface area contributed by atoms with Crippen LogP contribution in [0.4, 0.5) is 0 Å². The van der Waals surface area contributed by atoms with Gasteiger partial charge in [0.1, 0.15) is 5.82 Å². The molecule has 9 rings (SSSR count). The Labute approximate surface area is 419 Å². The average Bonchev–Trinajstić information content (AvgIpc) is 3.90. The van der Waals surface area contributed by atoms with Gasteiger partial charge >= 0.3 is 0 Å². The first-order valence-corrected chi connectivity index (χ1v) is 23.6. The van der Waals surface area contributed by atoms with Crippen molar-refractivity contribution < 1.29 is 30.4 Å². The number of ether oxygens (including phenoxy) is 1. The summed E-state index contributed by atoms with van der Waals surface area (Å²) in [7, 11) is 0. The minimum atomic E-state index is -0.416. The van der Waals surface area contributed by atoms with Gasteiger partial charge in [-0.15, -0.1) is 29.8 Å². The summed E-state index contributed by atoms with van der Waals surface area (Å²) in [5.41, 5.74) is 11.0. The molecule has 0 saturated heterocycles. The van der Waals surface area contributed by atoms with E-state index in [2.05, 4.69) is 268 Å². The van der Waals surface area contributed by atoms with Crippen molar-refractivity contribution in [3.63, 3.8) is 0 Å². The molecule has 6 heteroatoms. The second kappa shape index (κ2) is 17.8. The molecule has 0 amide bonds. The van der Waals surface area contributed by atoms with E-state index in [0.29, 0.717) is 11.5 Å². The fourth-order valence-electron chi connectivity index (χ4n) is 9.30. The van der Waals surface area contributed by atoms with Gasteiger partial charge in [-0.05, 0) is 85.3 Å². The molecule has 68 heavy (non-hydrogen) atoms. The van der Waals surface area contributed by atoms with Crippen molar-refractivity contribution in [1.82, 2.24) is 14.1 Å². The van der Waals surface area contributed by atoms with Crippen molar-refractivity contribution in [2.75, 3.05) is 0 Å². The number of pyridine rings is 1. The van der Waals surface area contributed by atoms with Gasteiger partial charge in [0.05, 0.1) is 11.4 Å². The van der Waals surface area contributed by atoms with E-state index >= 15 is 0 Å². The molecule has 0 aliphatic heterocycles. The molecule has 0 aliphatic carbocycles. The molecule has 5 nitrogen and oxygen atoms in total. The zero-order valence-corrected chi connectivity index (χ0v) is 44.2. The van der Waals surface area contributed by atoms with Crippen LogP contribution < -0.4 is 9.30 Å². The van der Waals surface area contributed by atoms with E-state index in [1.54, 1.807) is 0 Å². The Morgan fingerprint density at radius 1 is 0.529 bits per heavy atom. The van der Waals surface area contributed by atoms with Gasteiger partial charge in [-0.2, -0.15) is 11.6 Å². The summed E-state index contributed by atoms with van der Waals surface area (Å²) in [4.78, 5) is 5.02. The van der Waals surface area contributed by atoms with Gasteiger partial charge in [-0.1, -0.05) is 192 Å². The van der Waals surface area contributed by atoms with E-state index in [9.17, 15) is 0 Å². The van der Waals surface area contributed by atoms with Crippen molar-refractivity contribution in [1.29, 1.82) is 0 Å². The minimum absolute atomic E-state index is 0. The number of hydrogen-bond acceptors (Lipinski definition) is 2. The van der Waals surface area contributed by atoms with Crippen LogP contribution in [0.25, 0.3) is 39.0 Å².